The molecule has 1 heterocycles. The smallest absolute Gasteiger partial charge is 0.231 e. The van der Waals surface area contributed by atoms with Crippen molar-refractivity contribution in [3.63, 3.8) is 0 Å². The molecular weight excluding hydrogens is 192 g/mol. The van der Waals surface area contributed by atoms with E-state index < -0.39 is 0 Å². The van der Waals surface area contributed by atoms with Crippen molar-refractivity contribution in [2.45, 2.75) is 0 Å². The van der Waals surface area contributed by atoms with E-state index in [2.05, 4.69) is 0 Å². The Morgan fingerprint density at radius 1 is 1.20 bits per heavy atom. The average Bonchev–Trinajstić information content (AvgIpc) is 2.73. The van der Waals surface area contributed by atoms with Gasteiger partial charge < -0.3 is 9.47 Å². The number of ether oxygens (including phenoxy) is 2. The summed E-state index contributed by atoms with van der Waals surface area (Å²) in [6.07, 6.45) is 0.815. The molecule has 3 nitrogen and oxygen atoms in total. The van der Waals surface area contributed by atoms with Crippen LogP contribution >= 0.6 is 0 Å². The summed E-state index contributed by atoms with van der Waals surface area (Å²) < 4.78 is 10.5. The monoisotopic (exact) mass is 200 g/mol. The van der Waals surface area contributed by atoms with Crippen LogP contribution in [0.15, 0.2) is 30.3 Å². The topological polar surface area (TPSA) is 35.5 Å². The molecule has 2 aromatic rings. The van der Waals surface area contributed by atoms with Gasteiger partial charge in [0.25, 0.3) is 0 Å². The van der Waals surface area contributed by atoms with Crippen molar-refractivity contribution >= 4 is 17.1 Å². The highest BCUT2D eigenvalue weighted by molar-refractivity contribution is 6.02. The van der Waals surface area contributed by atoms with Gasteiger partial charge in [0.05, 0.1) is 5.56 Å². The maximum atomic E-state index is 11.0. The van der Waals surface area contributed by atoms with Gasteiger partial charge >= 0.3 is 0 Å². The van der Waals surface area contributed by atoms with Crippen molar-refractivity contribution in [2.24, 2.45) is 0 Å². The van der Waals surface area contributed by atoms with Crippen LogP contribution in [0.25, 0.3) is 10.8 Å². The number of hydrogen-bond donors (Lipinski definition) is 0. The molecule has 0 aliphatic carbocycles. The van der Waals surface area contributed by atoms with Crippen LogP contribution in [0.3, 0.4) is 0 Å². The van der Waals surface area contributed by atoms with E-state index in [0.717, 1.165) is 17.1 Å². The first-order valence-electron chi connectivity index (χ1n) is 4.66. The highest BCUT2D eigenvalue weighted by Crippen LogP contribution is 2.39. The molecule has 0 atom stereocenters. The van der Waals surface area contributed by atoms with Crippen molar-refractivity contribution in [1.29, 1.82) is 0 Å². The molecule has 0 N–H and O–H groups in total. The lowest BCUT2D eigenvalue weighted by Gasteiger charge is -2.04. The summed E-state index contributed by atoms with van der Waals surface area (Å²) in [5.74, 6) is 1.21. The molecular formula is C12H8O3. The summed E-state index contributed by atoms with van der Waals surface area (Å²) in [6.45, 7) is 0.187. The summed E-state index contributed by atoms with van der Waals surface area (Å²) in [6, 6.07) is 9.58. The number of hydrogen-bond acceptors (Lipinski definition) is 3. The fraction of sp³-hybridized carbons (Fsp3) is 0.0833. The first-order chi connectivity index (χ1) is 7.40. The van der Waals surface area contributed by atoms with Crippen LogP contribution in [0.4, 0.5) is 0 Å². The van der Waals surface area contributed by atoms with Crippen LogP contribution in [0.5, 0.6) is 11.5 Å². The second kappa shape index (κ2) is 2.98. The van der Waals surface area contributed by atoms with Gasteiger partial charge in [0.2, 0.25) is 6.79 Å². The van der Waals surface area contributed by atoms with Crippen molar-refractivity contribution in [2.75, 3.05) is 6.79 Å². The number of benzene rings is 2. The molecule has 3 heteroatoms. The zero-order valence-electron chi connectivity index (χ0n) is 7.90. The second-order valence-electron chi connectivity index (χ2n) is 3.36. The average molecular weight is 200 g/mol. The van der Waals surface area contributed by atoms with E-state index in [1.807, 2.05) is 30.3 Å². The summed E-state index contributed by atoms with van der Waals surface area (Å²) in [4.78, 5) is 11.0. The summed E-state index contributed by atoms with van der Waals surface area (Å²) in [7, 11) is 0. The third-order valence-corrected chi connectivity index (χ3v) is 2.54. The van der Waals surface area contributed by atoms with Gasteiger partial charge in [-0.1, -0.05) is 24.3 Å². The lowest BCUT2D eigenvalue weighted by molar-refractivity contribution is 0.112. The molecule has 0 radical (unpaired) electrons. The number of carbonyl (C=O) groups is 1. The van der Waals surface area contributed by atoms with Gasteiger partial charge in [-0.25, -0.2) is 0 Å². The molecule has 0 amide bonds. The van der Waals surface area contributed by atoms with Crippen LogP contribution in [-0.4, -0.2) is 13.1 Å². The van der Waals surface area contributed by atoms with E-state index in [4.69, 9.17) is 9.47 Å². The van der Waals surface area contributed by atoms with Crippen molar-refractivity contribution in [3.8, 4) is 11.5 Å². The van der Waals surface area contributed by atoms with Gasteiger partial charge in [0.15, 0.2) is 17.8 Å². The Bertz CT molecular complexity index is 546. The molecule has 0 bridgehead atoms. The molecule has 2 aromatic carbocycles. The van der Waals surface area contributed by atoms with Crippen molar-refractivity contribution in [1.82, 2.24) is 0 Å². The van der Waals surface area contributed by atoms with Gasteiger partial charge in [-0.15, -0.1) is 0 Å². The Morgan fingerprint density at radius 2 is 2.07 bits per heavy atom. The third-order valence-electron chi connectivity index (χ3n) is 2.54. The van der Waals surface area contributed by atoms with Gasteiger partial charge in [-0.2, -0.15) is 0 Å². The van der Waals surface area contributed by atoms with Gasteiger partial charge in [0, 0.05) is 0 Å². The van der Waals surface area contributed by atoms with Gasteiger partial charge in [-0.3, -0.25) is 4.79 Å². The maximum Gasteiger partial charge on any atom is 0.231 e. The van der Waals surface area contributed by atoms with Gasteiger partial charge in [0.1, 0.15) is 0 Å². The molecule has 0 unspecified atom stereocenters. The molecule has 3 rings (SSSR count). The zero-order chi connectivity index (χ0) is 10.3. The van der Waals surface area contributed by atoms with Crippen LogP contribution in [0, 0.1) is 0 Å². The van der Waals surface area contributed by atoms with Gasteiger partial charge in [-0.05, 0) is 16.8 Å². The minimum atomic E-state index is 0.187. The molecule has 0 saturated carbocycles. The zero-order valence-corrected chi connectivity index (χ0v) is 7.90. The SMILES string of the molecule is O=Cc1c2c(cc3ccccc13)OCO2. The van der Waals surface area contributed by atoms with Crippen LogP contribution in [0.1, 0.15) is 10.4 Å². The standard InChI is InChI=1S/C12H8O3/c13-6-10-9-4-2-1-3-8(9)5-11-12(10)15-7-14-11/h1-6H,7H2. The highest BCUT2D eigenvalue weighted by Gasteiger charge is 2.20. The Morgan fingerprint density at radius 3 is 2.93 bits per heavy atom. The first kappa shape index (κ1) is 8.29. The third kappa shape index (κ3) is 1.09. The molecule has 0 aromatic heterocycles. The Labute approximate surface area is 86.2 Å². The minimum Gasteiger partial charge on any atom is -0.454 e. The highest BCUT2D eigenvalue weighted by atomic mass is 16.7. The fourth-order valence-electron chi connectivity index (χ4n) is 1.85. The molecule has 15 heavy (non-hydrogen) atoms. The summed E-state index contributed by atoms with van der Waals surface area (Å²) in [5, 5.41) is 1.89. The lowest BCUT2D eigenvalue weighted by atomic mass is 10.0. The predicted octanol–water partition coefficient (Wildman–Crippen LogP) is 2.38. The molecule has 1 aliphatic rings. The number of rotatable bonds is 1. The minimum absolute atomic E-state index is 0.187. The fourth-order valence-corrected chi connectivity index (χ4v) is 1.85. The van der Waals surface area contributed by atoms with E-state index in [9.17, 15) is 4.79 Å². The molecule has 0 fully saturated rings. The Kier molecular flexibility index (Phi) is 1.65. The number of carbonyl (C=O) groups excluding carboxylic acids is 1. The van der Waals surface area contributed by atoms with Crippen molar-refractivity contribution < 1.29 is 14.3 Å². The largest absolute Gasteiger partial charge is 0.454 e. The van der Waals surface area contributed by atoms with E-state index in [1.165, 1.54) is 0 Å². The van der Waals surface area contributed by atoms with Crippen LogP contribution < -0.4 is 9.47 Å². The summed E-state index contributed by atoms with van der Waals surface area (Å²) in [5.41, 5.74) is 0.570. The molecule has 0 spiro atoms. The van der Waals surface area contributed by atoms with Crippen molar-refractivity contribution in [3.05, 3.63) is 35.9 Å². The molecule has 0 saturated heterocycles. The second-order valence-corrected chi connectivity index (χ2v) is 3.36. The number of fused-ring (bicyclic) bond motifs is 2. The first-order valence-corrected chi connectivity index (χ1v) is 4.66. The normalized spacial score (nSPS) is 13.1. The Hall–Kier alpha value is -2.03. The van der Waals surface area contributed by atoms with E-state index >= 15 is 0 Å². The van der Waals surface area contributed by atoms with Crippen LogP contribution in [-0.2, 0) is 0 Å². The maximum absolute atomic E-state index is 11.0. The predicted molar refractivity (Wildman–Crippen MR) is 55.5 cm³/mol. The molecule has 1 aliphatic heterocycles. The Balaban J connectivity index is 2.46. The molecule has 74 valence electrons. The van der Waals surface area contributed by atoms with E-state index in [0.29, 0.717) is 17.1 Å². The lowest BCUT2D eigenvalue weighted by Crippen LogP contribution is -1.94. The van der Waals surface area contributed by atoms with Crippen LogP contribution in [0.2, 0.25) is 0 Å². The summed E-state index contributed by atoms with van der Waals surface area (Å²) >= 11 is 0. The van der Waals surface area contributed by atoms with E-state index in [-0.39, 0.29) is 6.79 Å². The number of aldehydes is 1. The van der Waals surface area contributed by atoms with E-state index in [1.54, 1.807) is 0 Å². The quantitative estimate of drug-likeness (QED) is 0.663.